The molecule has 0 amide bonds. The molecule has 0 fully saturated rings. The molecule has 0 aliphatic rings. The summed E-state index contributed by atoms with van der Waals surface area (Å²) in [5.74, 6) is 0. The second kappa shape index (κ2) is 5.37. The number of aromatic nitrogens is 2. The van der Waals surface area contributed by atoms with E-state index in [-0.39, 0.29) is 0 Å². The lowest BCUT2D eigenvalue weighted by atomic mass is 10.1. The van der Waals surface area contributed by atoms with Crippen LogP contribution in [0.3, 0.4) is 0 Å². The summed E-state index contributed by atoms with van der Waals surface area (Å²) in [6.45, 7) is 2.80. The molecule has 0 aliphatic heterocycles. The smallest absolute Gasteiger partial charge is 0.107 e. The van der Waals surface area contributed by atoms with Gasteiger partial charge in [-0.1, -0.05) is 17.7 Å². The standard InChI is InChI=1S/C12H12ClIN2O/c1-2-16-7-9(6-15-16)12(17)8-3-4-11(14)10(13)5-8/h3-7,12,17H,2H2,1H3. The summed E-state index contributed by atoms with van der Waals surface area (Å²) in [6, 6.07) is 5.56. The van der Waals surface area contributed by atoms with Gasteiger partial charge in [-0.25, -0.2) is 0 Å². The topological polar surface area (TPSA) is 38.0 Å². The molecule has 0 spiro atoms. The highest BCUT2D eigenvalue weighted by Gasteiger charge is 2.13. The number of benzene rings is 1. The lowest BCUT2D eigenvalue weighted by molar-refractivity contribution is 0.220. The van der Waals surface area contributed by atoms with Crippen LogP contribution in [0.15, 0.2) is 30.6 Å². The van der Waals surface area contributed by atoms with Gasteiger partial charge in [-0.2, -0.15) is 5.10 Å². The highest BCUT2D eigenvalue weighted by atomic mass is 127. The fourth-order valence-electron chi connectivity index (χ4n) is 1.57. The lowest BCUT2D eigenvalue weighted by Crippen LogP contribution is -1.99. The largest absolute Gasteiger partial charge is 0.384 e. The second-order valence-corrected chi connectivity index (χ2v) is 5.27. The minimum atomic E-state index is -0.676. The maximum absolute atomic E-state index is 10.2. The molecule has 0 radical (unpaired) electrons. The molecule has 3 nitrogen and oxygen atoms in total. The Morgan fingerprint density at radius 2 is 2.24 bits per heavy atom. The zero-order chi connectivity index (χ0) is 12.4. The number of halogens is 2. The summed E-state index contributed by atoms with van der Waals surface area (Å²) in [5.41, 5.74) is 1.56. The number of aliphatic hydroxyl groups excluding tert-OH is 1. The van der Waals surface area contributed by atoms with Crippen molar-refractivity contribution in [3.05, 3.63) is 50.3 Å². The molecule has 1 aromatic carbocycles. The maximum Gasteiger partial charge on any atom is 0.107 e. The Morgan fingerprint density at radius 3 is 2.82 bits per heavy atom. The minimum absolute atomic E-state index is 0.657. The Balaban J connectivity index is 2.29. The molecule has 0 aliphatic carbocycles. The molecule has 1 aromatic heterocycles. The van der Waals surface area contributed by atoms with Crippen molar-refractivity contribution >= 4 is 34.2 Å². The Labute approximate surface area is 119 Å². The van der Waals surface area contributed by atoms with E-state index in [1.54, 1.807) is 16.9 Å². The normalized spacial score (nSPS) is 12.7. The van der Waals surface area contributed by atoms with Crippen LogP contribution in [0.2, 0.25) is 5.02 Å². The van der Waals surface area contributed by atoms with E-state index in [0.717, 1.165) is 21.2 Å². The van der Waals surface area contributed by atoms with E-state index in [9.17, 15) is 5.11 Å². The van der Waals surface area contributed by atoms with Crippen molar-refractivity contribution in [2.24, 2.45) is 0 Å². The molecule has 1 N–H and O–H groups in total. The van der Waals surface area contributed by atoms with Gasteiger partial charge < -0.3 is 5.11 Å². The van der Waals surface area contributed by atoms with Crippen LogP contribution in [0.4, 0.5) is 0 Å². The van der Waals surface area contributed by atoms with Gasteiger partial charge in [0.1, 0.15) is 6.10 Å². The molecule has 17 heavy (non-hydrogen) atoms. The first-order chi connectivity index (χ1) is 8.11. The van der Waals surface area contributed by atoms with Crippen LogP contribution in [0, 0.1) is 3.57 Å². The van der Waals surface area contributed by atoms with E-state index >= 15 is 0 Å². The predicted molar refractivity (Wildman–Crippen MR) is 76.1 cm³/mol. The molecule has 5 heteroatoms. The maximum atomic E-state index is 10.2. The number of aryl methyl sites for hydroxylation is 1. The zero-order valence-corrected chi connectivity index (χ0v) is 12.2. The van der Waals surface area contributed by atoms with Gasteiger partial charge in [-0.05, 0) is 47.2 Å². The number of nitrogens with zero attached hydrogens (tertiary/aromatic N) is 2. The molecule has 2 rings (SSSR count). The zero-order valence-electron chi connectivity index (χ0n) is 9.27. The predicted octanol–water partition coefficient (Wildman–Crippen LogP) is 3.24. The summed E-state index contributed by atoms with van der Waals surface area (Å²) in [4.78, 5) is 0. The average Bonchev–Trinajstić information content (AvgIpc) is 2.80. The summed E-state index contributed by atoms with van der Waals surface area (Å²) in [6.07, 6.45) is 2.85. The Kier molecular flexibility index (Phi) is 4.06. The van der Waals surface area contributed by atoms with Gasteiger partial charge in [0, 0.05) is 21.9 Å². The highest BCUT2D eigenvalue weighted by Crippen LogP contribution is 2.26. The molecule has 0 saturated heterocycles. The summed E-state index contributed by atoms with van der Waals surface area (Å²) in [5, 5.41) is 15.0. The van der Waals surface area contributed by atoms with Crippen molar-refractivity contribution in [2.75, 3.05) is 0 Å². The first-order valence-corrected chi connectivity index (χ1v) is 6.73. The highest BCUT2D eigenvalue weighted by molar-refractivity contribution is 14.1. The third-order valence-electron chi connectivity index (χ3n) is 2.55. The molecule has 90 valence electrons. The van der Waals surface area contributed by atoms with Crippen LogP contribution in [0.1, 0.15) is 24.2 Å². The van der Waals surface area contributed by atoms with Gasteiger partial charge in [0.05, 0.1) is 11.2 Å². The van der Waals surface area contributed by atoms with Gasteiger partial charge >= 0.3 is 0 Å². The third-order valence-corrected chi connectivity index (χ3v) is 4.12. The lowest BCUT2D eigenvalue weighted by Gasteiger charge is -2.09. The van der Waals surface area contributed by atoms with Crippen LogP contribution in [-0.4, -0.2) is 14.9 Å². The summed E-state index contributed by atoms with van der Waals surface area (Å²) >= 11 is 8.20. The molecule has 0 bridgehead atoms. The van der Waals surface area contributed by atoms with Gasteiger partial charge in [-0.15, -0.1) is 0 Å². The van der Waals surface area contributed by atoms with Gasteiger partial charge in [0.25, 0.3) is 0 Å². The fraction of sp³-hybridized carbons (Fsp3) is 0.250. The molecule has 0 saturated carbocycles. The Hall–Kier alpha value is -0.590. The number of aliphatic hydroxyl groups is 1. The van der Waals surface area contributed by atoms with Crippen molar-refractivity contribution in [2.45, 2.75) is 19.6 Å². The van der Waals surface area contributed by atoms with Crippen LogP contribution >= 0.6 is 34.2 Å². The first kappa shape index (κ1) is 12.9. The summed E-state index contributed by atoms with van der Waals surface area (Å²) in [7, 11) is 0. The van der Waals surface area contributed by atoms with E-state index in [4.69, 9.17) is 11.6 Å². The van der Waals surface area contributed by atoms with E-state index in [2.05, 4.69) is 27.7 Å². The van der Waals surface area contributed by atoms with Gasteiger partial charge in [0.2, 0.25) is 0 Å². The number of hydrogen-bond acceptors (Lipinski definition) is 2. The third kappa shape index (κ3) is 2.81. The first-order valence-electron chi connectivity index (χ1n) is 5.27. The summed E-state index contributed by atoms with van der Waals surface area (Å²) < 4.78 is 2.76. The van der Waals surface area contributed by atoms with E-state index in [0.29, 0.717) is 5.02 Å². The van der Waals surface area contributed by atoms with Crippen LogP contribution in [0.5, 0.6) is 0 Å². The van der Waals surface area contributed by atoms with E-state index in [1.165, 1.54) is 0 Å². The van der Waals surface area contributed by atoms with Crippen molar-refractivity contribution < 1.29 is 5.11 Å². The van der Waals surface area contributed by atoms with Crippen molar-refractivity contribution in [1.29, 1.82) is 0 Å². The van der Waals surface area contributed by atoms with Crippen LogP contribution in [0.25, 0.3) is 0 Å². The van der Waals surface area contributed by atoms with Gasteiger partial charge in [0.15, 0.2) is 0 Å². The quantitative estimate of drug-likeness (QED) is 0.851. The molecular formula is C12H12ClIN2O. The Bertz CT molecular complexity index is 527. The number of hydrogen-bond donors (Lipinski definition) is 1. The van der Waals surface area contributed by atoms with E-state index in [1.807, 2.05) is 25.3 Å². The molecule has 1 unspecified atom stereocenters. The van der Waals surface area contributed by atoms with Gasteiger partial charge in [-0.3, -0.25) is 4.68 Å². The monoisotopic (exact) mass is 362 g/mol. The van der Waals surface area contributed by atoms with Crippen molar-refractivity contribution in [3.8, 4) is 0 Å². The fourth-order valence-corrected chi connectivity index (χ4v) is 2.09. The second-order valence-electron chi connectivity index (χ2n) is 3.71. The van der Waals surface area contributed by atoms with Crippen LogP contribution in [-0.2, 0) is 6.54 Å². The average molecular weight is 363 g/mol. The number of rotatable bonds is 3. The van der Waals surface area contributed by atoms with Crippen molar-refractivity contribution in [1.82, 2.24) is 9.78 Å². The minimum Gasteiger partial charge on any atom is -0.384 e. The molecule has 1 heterocycles. The Morgan fingerprint density at radius 1 is 1.47 bits per heavy atom. The molecule has 1 atom stereocenters. The molecule has 2 aromatic rings. The van der Waals surface area contributed by atoms with Crippen LogP contribution < -0.4 is 0 Å². The van der Waals surface area contributed by atoms with E-state index < -0.39 is 6.10 Å². The SMILES string of the molecule is CCn1cc(C(O)c2ccc(I)c(Cl)c2)cn1. The van der Waals surface area contributed by atoms with Crippen molar-refractivity contribution in [3.63, 3.8) is 0 Å². The molecular weight excluding hydrogens is 351 g/mol.